The van der Waals surface area contributed by atoms with Crippen LogP contribution in [0.5, 0.6) is 0 Å². The van der Waals surface area contributed by atoms with Crippen LogP contribution in [0.3, 0.4) is 0 Å². The van der Waals surface area contributed by atoms with Gasteiger partial charge in [-0.05, 0) is 18.8 Å². The van der Waals surface area contributed by atoms with Gasteiger partial charge in [0.25, 0.3) is 0 Å². The average molecular weight is 446 g/mol. The summed E-state index contributed by atoms with van der Waals surface area (Å²) in [4.78, 5) is 59.9. The lowest BCUT2D eigenvalue weighted by Gasteiger charge is -2.28. The summed E-state index contributed by atoms with van der Waals surface area (Å²) in [5, 5.41) is 26.1. The van der Waals surface area contributed by atoms with E-state index in [1.54, 1.807) is 20.8 Å². The molecule has 0 aliphatic rings. The molecule has 0 aromatic rings. The van der Waals surface area contributed by atoms with E-state index in [2.05, 4.69) is 16.0 Å². The van der Waals surface area contributed by atoms with Crippen molar-refractivity contribution in [2.45, 2.75) is 77.7 Å². The minimum Gasteiger partial charge on any atom is -0.480 e. The van der Waals surface area contributed by atoms with E-state index in [-0.39, 0.29) is 5.92 Å². The van der Waals surface area contributed by atoms with Gasteiger partial charge < -0.3 is 37.6 Å². The summed E-state index contributed by atoms with van der Waals surface area (Å²) in [6.07, 6.45) is -1.29. The number of carbonyl (C=O) groups excluding carboxylic acids is 4. The highest BCUT2D eigenvalue weighted by atomic mass is 16.4. The zero-order valence-corrected chi connectivity index (χ0v) is 18.5. The first-order valence-corrected chi connectivity index (χ1v) is 10.1. The van der Waals surface area contributed by atoms with Crippen molar-refractivity contribution in [2.75, 3.05) is 0 Å². The van der Waals surface area contributed by atoms with Gasteiger partial charge >= 0.3 is 5.97 Å². The number of primary amides is 1. The maximum Gasteiger partial charge on any atom is 0.326 e. The minimum atomic E-state index is -1.57. The highest BCUT2D eigenvalue weighted by Crippen LogP contribution is 2.08. The Kier molecular flexibility index (Phi) is 11.7. The zero-order chi connectivity index (χ0) is 24.5. The number of aliphatic hydroxyl groups is 1. The predicted octanol–water partition coefficient (Wildman–Crippen LogP) is -2.19. The molecule has 0 saturated heterocycles. The monoisotopic (exact) mass is 445 g/mol. The van der Waals surface area contributed by atoms with Crippen molar-refractivity contribution in [1.82, 2.24) is 16.0 Å². The Morgan fingerprint density at radius 1 is 0.871 bits per heavy atom. The van der Waals surface area contributed by atoms with Crippen molar-refractivity contribution in [2.24, 2.45) is 23.3 Å². The van der Waals surface area contributed by atoms with Crippen molar-refractivity contribution in [3.05, 3.63) is 0 Å². The summed E-state index contributed by atoms with van der Waals surface area (Å²) in [7, 11) is 0. The molecule has 0 heterocycles. The van der Waals surface area contributed by atoms with E-state index in [0.29, 0.717) is 6.42 Å². The molecule has 0 spiro atoms. The number of nitrogens with two attached hydrogens (primary N) is 2. The normalized spacial score (nSPS) is 16.9. The summed E-state index contributed by atoms with van der Waals surface area (Å²) in [6.45, 7) is 8.11. The number of carbonyl (C=O) groups is 5. The third-order valence-electron chi connectivity index (χ3n) is 4.89. The molecule has 0 aromatic carbocycles. The van der Waals surface area contributed by atoms with Crippen molar-refractivity contribution >= 4 is 29.6 Å². The molecule has 4 amide bonds. The molecule has 0 aromatic heterocycles. The third-order valence-corrected chi connectivity index (χ3v) is 4.89. The van der Waals surface area contributed by atoms with Gasteiger partial charge in [0.05, 0.1) is 18.6 Å². The quantitative estimate of drug-likeness (QED) is 0.165. The summed E-state index contributed by atoms with van der Waals surface area (Å²) in [6, 6.07) is -5.06. The minimum absolute atomic E-state index is 0.162. The molecule has 0 aliphatic heterocycles. The number of rotatable bonds is 13. The Morgan fingerprint density at radius 2 is 1.35 bits per heavy atom. The maximum atomic E-state index is 12.7. The van der Waals surface area contributed by atoms with Gasteiger partial charge in [-0.15, -0.1) is 0 Å². The topological polar surface area (TPSA) is 214 Å². The Morgan fingerprint density at radius 3 is 1.74 bits per heavy atom. The molecule has 0 fully saturated rings. The summed E-state index contributed by atoms with van der Waals surface area (Å²) < 4.78 is 0. The maximum absolute atomic E-state index is 12.7. The van der Waals surface area contributed by atoms with Gasteiger partial charge in [-0.3, -0.25) is 19.2 Å². The van der Waals surface area contributed by atoms with Crippen molar-refractivity contribution in [3.8, 4) is 0 Å². The lowest BCUT2D eigenvalue weighted by molar-refractivity contribution is -0.144. The first-order chi connectivity index (χ1) is 14.2. The number of carboxylic acid groups (broad SMARTS) is 1. The van der Waals surface area contributed by atoms with Crippen LogP contribution in [0.1, 0.15) is 47.5 Å². The molecule has 31 heavy (non-hydrogen) atoms. The second kappa shape index (κ2) is 12.8. The fourth-order valence-corrected chi connectivity index (χ4v) is 2.61. The van der Waals surface area contributed by atoms with Crippen molar-refractivity contribution in [3.63, 3.8) is 0 Å². The van der Waals surface area contributed by atoms with E-state index in [4.69, 9.17) is 16.6 Å². The largest absolute Gasteiger partial charge is 0.480 e. The van der Waals surface area contributed by atoms with Crippen LogP contribution in [0, 0.1) is 11.8 Å². The van der Waals surface area contributed by atoms with Crippen LogP contribution in [-0.4, -0.2) is 70.1 Å². The van der Waals surface area contributed by atoms with Gasteiger partial charge in [-0.25, -0.2) is 4.79 Å². The van der Waals surface area contributed by atoms with Gasteiger partial charge in [0.1, 0.15) is 18.1 Å². The van der Waals surface area contributed by atoms with Crippen LogP contribution in [0.2, 0.25) is 0 Å². The number of hydrogen-bond acceptors (Lipinski definition) is 7. The first-order valence-electron chi connectivity index (χ1n) is 10.1. The van der Waals surface area contributed by atoms with Crippen LogP contribution in [0.15, 0.2) is 0 Å². The molecular weight excluding hydrogens is 410 g/mol. The van der Waals surface area contributed by atoms with Gasteiger partial charge in [0, 0.05) is 0 Å². The number of hydrogen-bond donors (Lipinski definition) is 7. The molecular formula is C19H35N5O7. The Balaban J connectivity index is 5.41. The van der Waals surface area contributed by atoms with Gasteiger partial charge in [0.2, 0.25) is 23.6 Å². The van der Waals surface area contributed by atoms with E-state index in [1.165, 1.54) is 6.92 Å². The van der Waals surface area contributed by atoms with Crippen LogP contribution in [0.4, 0.5) is 0 Å². The number of amides is 4. The molecule has 0 bridgehead atoms. The molecule has 6 unspecified atom stereocenters. The second-order valence-corrected chi connectivity index (χ2v) is 7.94. The second-order valence-electron chi connectivity index (χ2n) is 7.94. The van der Waals surface area contributed by atoms with Crippen LogP contribution in [0.25, 0.3) is 0 Å². The average Bonchev–Trinajstić information content (AvgIpc) is 2.66. The van der Waals surface area contributed by atoms with E-state index in [9.17, 15) is 29.1 Å². The molecule has 9 N–H and O–H groups in total. The zero-order valence-electron chi connectivity index (χ0n) is 18.5. The fourth-order valence-electron chi connectivity index (χ4n) is 2.61. The molecule has 178 valence electrons. The van der Waals surface area contributed by atoms with E-state index < -0.39 is 72.2 Å². The Hall–Kier alpha value is -2.73. The molecule has 0 rings (SSSR count). The third kappa shape index (κ3) is 9.30. The Bertz CT molecular complexity index is 668. The van der Waals surface area contributed by atoms with Gasteiger partial charge in [-0.2, -0.15) is 0 Å². The lowest BCUT2D eigenvalue weighted by atomic mass is 9.98. The molecule has 12 nitrogen and oxygen atoms in total. The summed E-state index contributed by atoms with van der Waals surface area (Å²) >= 11 is 0. The number of carboxylic acids is 1. The highest BCUT2D eigenvalue weighted by molar-refractivity contribution is 5.95. The predicted molar refractivity (Wildman–Crippen MR) is 111 cm³/mol. The van der Waals surface area contributed by atoms with E-state index in [1.807, 2.05) is 6.92 Å². The van der Waals surface area contributed by atoms with Crippen molar-refractivity contribution in [1.29, 1.82) is 0 Å². The van der Waals surface area contributed by atoms with E-state index in [0.717, 1.165) is 0 Å². The number of nitrogens with one attached hydrogen (secondary N) is 3. The van der Waals surface area contributed by atoms with Crippen molar-refractivity contribution < 1.29 is 34.2 Å². The van der Waals surface area contributed by atoms with Crippen LogP contribution >= 0.6 is 0 Å². The molecule has 12 heteroatoms. The van der Waals surface area contributed by atoms with Gasteiger partial charge in [0.15, 0.2) is 0 Å². The number of aliphatic hydroxyl groups excluding tert-OH is 1. The molecule has 0 saturated carbocycles. The molecule has 6 atom stereocenters. The summed E-state index contributed by atoms with van der Waals surface area (Å²) in [5.74, 6) is -5.38. The SMILES string of the molecule is CCC(C)C(N)C(=O)NC(C(=O)NC(C(=O)NC(CC(N)=O)C(=O)O)C(C)C)C(C)O. The van der Waals surface area contributed by atoms with Gasteiger partial charge in [-0.1, -0.05) is 34.1 Å². The fraction of sp³-hybridized carbons (Fsp3) is 0.737. The lowest BCUT2D eigenvalue weighted by Crippen LogP contribution is -2.61. The summed E-state index contributed by atoms with van der Waals surface area (Å²) in [5.41, 5.74) is 10.9. The number of aliphatic carboxylic acids is 1. The van der Waals surface area contributed by atoms with Crippen LogP contribution in [-0.2, 0) is 24.0 Å². The molecule has 0 radical (unpaired) electrons. The smallest absolute Gasteiger partial charge is 0.326 e. The van der Waals surface area contributed by atoms with Crippen LogP contribution < -0.4 is 27.4 Å². The molecule has 0 aliphatic carbocycles. The van der Waals surface area contributed by atoms with E-state index >= 15 is 0 Å². The Labute approximate surface area is 181 Å². The highest BCUT2D eigenvalue weighted by Gasteiger charge is 2.34. The first kappa shape index (κ1) is 28.3. The standard InChI is InChI=1S/C19H35N5O7/c1-6-9(4)13(21)16(27)24-15(10(5)25)18(29)23-14(8(2)3)17(28)22-11(19(30)31)7-12(20)26/h8-11,13-15,25H,6-7,21H2,1-5H3,(H2,20,26)(H,22,28)(H,23,29)(H,24,27)(H,30,31).